The summed E-state index contributed by atoms with van der Waals surface area (Å²) in [7, 11) is 0. The van der Waals surface area contributed by atoms with E-state index in [0.717, 1.165) is 6.07 Å². The molecular weight excluding hydrogens is 144 g/mol. The Bertz CT molecular complexity index is 239. The van der Waals surface area contributed by atoms with Crippen molar-refractivity contribution in [3.8, 4) is 5.75 Å². The zero-order chi connectivity index (χ0) is 8.85. The highest BCUT2D eigenvalue weighted by Gasteiger charge is 1.92. The fourth-order valence-electron chi connectivity index (χ4n) is 0.588. The van der Waals surface area contributed by atoms with Crippen molar-refractivity contribution >= 4 is 0 Å². The standard InChI is InChI=1S/C6H6O3.C2H6/c1-4-2-5(7)3-6(8)9-4;1-2/h2-3,7H,1H3;1-2H3. The van der Waals surface area contributed by atoms with Gasteiger partial charge in [-0.05, 0) is 6.92 Å². The van der Waals surface area contributed by atoms with Gasteiger partial charge in [-0.1, -0.05) is 13.8 Å². The normalized spacial score (nSPS) is 8.27. The predicted octanol–water partition coefficient (Wildman–Crippen LogP) is 1.68. The van der Waals surface area contributed by atoms with E-state index >= 15 is 0 Å². The molecule has 0 saturated carbocycles. The van der Waals surface area contributed by atoms with Crippen LogP contribution >= 0.6 is 0 Å². The maximum Gasteiger partial charge on any atom is 0.339 e. The first-order valence-electron chi connectivity index (χ1n) is 3.49. The molecule has 1 aromatic heterocycles. The summed E-state index contributed by atoms with van der Waals surface area (Å²) in [5.74, 6) is 0.365. The summed E-state index contributed by atoms with van der Waals surface area (Å²) >= 11 is 0. The molecule has 11 heavy (non-hydrogen) atoms. The Morgan fingerprint density at radius 1 is 1.36 bits per heavy atom. The lowest BCUT2D eigenvalue weighted by Crippen LogP contribution is -1.95. The van der Waals surface area contributed by atoms with Gasteiger partial charge in [0.2, 0.25) is 0 Å². The number of aromatic hydroxyl groups is 1. The summed E-state index contributed by atoms with van der Waals surface area (Å²) in [6.07, 6.45) is 0. The van der Waals surface area contributed by atoms with Crippen LogP contribution in [0.4, 0.5) is 0 Å². The molecule has 1 aromatic rings. The second-order valence-electron chi connectivity index (χ2n) is 1.75. The Hall–Kier alpha value is -1.25. The molecule has 0 spiro atoms. The lowest BCUT2D eigenvalue weighted by molar-refractivity contribution is 0.434. The Labute approximate surface area is 65.3 Å². The molecule has 0 saturated heterocycles. The third kappa shape index (κ3) is 3.45. The quantitative estimate of drug-likeness (QED) is 0.621. The van der Waals surface area contributed by atoms with Crippen LogP contribution in [-0.2, 0) is 0 Å². The second kappa shape index (κ2) is 4.55. The third-order valence-corrected chi connectivity index (χ3v) is 0.878. The van der Waals surface area contributed by atoms with E-state index in [1.807, 2.05) is 13.8 Å². The Morgan fingerprint density at radius 2 is 1.91 bits per heavy atom. The predicted molar refractivity (Wildman–Crippen MR) is 42.7 cm³/mol. The molecule has 0 bridgehead atoms. The molecule has 62 valence electrons. The minimum atomic E-state index is -0.521. The Morgan fingerprint density at radius 3 is 2.27 bits per heavy atom. The summed E-state index contributed by atoms with van der Waals surface area (Å²) in [4.78, 5) is 10.4. The molecule has 3 heteroatoms. The van der Waals surface area contributed by atoms with E-state index in [4.69, 9.17) is 5.11 Å². The largest absolute Gasteiger partial charge is 0.508 e. The first-order chi connectivity index (χ1) is 5.18. The molecule has 0 fully saturated rings. The zero-order valence-electron chi connectivity index (χ0n) is 6.92. The van der Waals surface area contributed by atoms with E-state index in [0.29, 0.717) is 5.76 Å². The first-order valence-corrected chi connectivity index (χ1v) is 3.49. The minimum Gasteiger partial charge on any atom is -0.508 e. The highest BCUT2D eigenvalue weighted by atomic mass is 16.4. The van der Waals surface area contributed by atoms with Gasteiger partial charge in [0.05, 0.1) is 6.07 Å². The molecule has 0 aliphatic rings. The van der Waals surface area contributed by atoms with Gasteiger partial charge < -0.3 is 9.52 Å². The number of hydrogen-bond donors (Lipinski definition) is 1. The maximum absolute atomic E-state index is 10.4. The van der Waals surface area contributed by atoms with E-state index in [-0.39, 0.29) is 5.75 Å². The van der Waals surface area contributed by atoms with Crippen molar-refractivity contribution in [3.05, 3.63) is 28.3 Å². The first kappa shape index (κ1) is 9.75. The zero-order valence-corrected chi connectivity index (χ0v) is 6.92. The van der Waals surface area contributed by atoms with Crippen LogP contribution < -0.4 is 5.63 Å². The van der Waals surface area contributed by atoms with Crippen LogP contribution in [-0.4, -0.2) is 5.11 Å². The van der Waals surface area contributed by atoms with Crippen LogP contribution in [0.1, 0.15) is 19.6 Å². The highest BCUT2D eigenvalue weighted by molar-refractivity contribution is 5.17. The van der Waals surface area contributed by atoms with Gasteiger partial charge in [-0.3, -0.25) is 0 Å². The molecule has 1 rings (SSSR count). The molecule has 1 N–H and O–H groups in total. The molecule has 0 atom stereocenters. The van der Waals surface area contributed by atoms with Gasteiger partial charge in [0.1, 0.15) is 11.5 Å². The van der Waals surface area contributed by atoms with Crippen LogP contribution in [0.2, 0.25) is 0 Å². The topological polar surface area (TPSA) is 50.4 Å². The van der Waals surface area contributed by atoms with E-state index in [1.54, 1.807) is 6.92 Å². The summed E-state index contributed by atoms with van der Waals surface area (Å²) in [5, 5.41) is 8.73. The molecule has 0 amide bonds. The van der Waals surface area contributed by atoms with Gasteiger partial charge in [-0.2, -0.15) is 0 Å². The molecule has 0 aliphatic heterocycles. The smallest absolute Gasteiger partial charge is 0.339 e. The van der Waals surface area contributed by atoms with Gasteiger partial charge in [0.15, 0.2) is 0 Å². The van der Waals surface area contributed by atoms with E-state index in [1.165, 1.54) is 6.07 Å². The van der Waals surface area contributed by atoms with Gasteiger partial charge in [0, 0.05) is 6.07 Å². The summed E-state index contributed by atoms with van der Waals surface area (Å²) in [6, 6.07) is 2.40. The van der Waals surface area contributed by atoms with Crippen LogP contribution in [0, 0.1) is 6.92 Å². The molecule has 0 unspecified atom stereocenters. The van der Waals surface area contributed by atoms with E-state index < -0.39 is 5.63 Å². The van der Waals surface area contributed by atoms with Gasteiger partial charge in [-0.15, -0.1) is 0 Å². The highest BCUT2D eigenvalue weighted by Crippen LogP contribution is 2.04. The van der Waals surface area contributed by atoms with Gasteiger partial charge in [0.25, 0.3) is 0 Å². The van der Waals surface area contributed by atoms with Gasteiger partial charge >= 0.3 is 5.63 Å². The van der Waals surface area contributed by atoms with Crippen LogP contribution in [0.3, 0.4) is 0 Å². The molecule has 0 aromatic carbocycles. The third-order valence-electron chi connectivity index (χ3n) is 0.878. The molecule has 1 heterocycles. The van der Waals surface area contributed by atoms with Gasteiger partial charge in [-0.25, -0.2) is 4.79 Å². The second-order valence-corrected chi connectivity index (χ2v) is 1.75. The van der Waals surface area contributed by atoms with Crippen LogP contribution in [0.5, 0.6) is 5.75 Å². The number of rotatable bonds is 0. The maximum atomic E-state index is 10.4. The van der Waals surface area contributed by atoms with Crippen molar-refractivity contribution < 1.29 is 9.52 Å². The molecular formula is C8H12O3. The van der Waals surface area contributed by atoms with Crippen molar-refractivity contribution in [1.82, 2.24) is 0 Å². The lowest BCUT2D eigenvalue weighted by Gasteiger charge is -1.89. The minimum absolute atomic E-state index is 0.0521. The monoisotopic (exact) mass is 156 g/mol. The van der Waals surface area contributed by atoms with Crippen LogP contribution in [0.15, 0.2) is 21.3 Å². The number of hydrogen-bond acceptors (Lipinski definition) is 3. The summed E-state index contributed by atoms with van der Waals surface area (Å²) < 4.78 is 4.54. The fraction of sp³-hybridized carbons (Fsp3) is 0.375. The Kier molecular flexibility index (Phi) is 4.03. The fourth-order valence-corrected chi connectivity index (χ4v) is 0.588. The number of aryl methyl sites for hydroxylation is 1. The van der Waals surface area contributed by atoms with Crippen molar-refractivity contribution in [2.24, 2.45) is 0 Å². The molecule has 0 aliphatic carbocycles. The summed E-state index contributed by atoms with van der Waals surface area (Å²) in [6.45, 7) is 5.60. The lowest BCUT2D eigenvalue weighted by atomic mass is 10.4. The van der Waals surface area contributed by atoms with Crippen molar-refractivity contribution in [1.29, 1.82) is 0 Å². The van der Waals surface area contributed by atoms with Crippen molar-refractivity contribution in [2.45, 2.75) is 20.8 Å². The molecule has 0 radical (unpaired) electrons. The summed E-state index contributed by atoms with van der Waals surface area (Å²) in [5.41, 5.74) is -0.521. The molecule has 3 nitrogen and oxygen atoms in total. The van der Waals surface area contributed by atoms with Crippen molar-refractivity contribution in [3.63, 3.8) is 0 Å². The SMILES string of the molecule is CC.Cc1cc(O)cc(=O)o1. The van der Waals surface area contributed by atoms with E-state index in [9.17, 15) is 4.79 Å². The van der Waals surface area contributed by atoms with E-state index in [2.05, 4.69) is 4.42 Å². The van der Waals surface area contributed by atoms with Crippen LogP contribution in [0.25, 0.3) is 0 Å². The van der Waals surface area contributed by atoms with Crippen molar-refractivity contribution in [2.75, 3.05) is 0 Å². The Balaban J connectivity index is 0.000000461. The average Bonchev–Trinajstić information content (AvgIpc) is 1.88. The average molecular weight is 156 g/mol.